The van der Waals surface area contributed by atoms with Gasteiger partial charge in [-0.25, -0.2) is 0 Å². The second-order valence-electron chi connectivity index (χ2n) is 4.97. The standard InChI is InChI=1S/C13H16BrN/c14-11-4-1-3-10-9(8-15)7-13(12(10)11)5-2-6-13/h1,3-4,9H,2,5-8,15H2. The summed E-state index contributed by atoms with van der Waals surface area (Å²) >= 11 is 3.71. The molecular formula is C13H16BrN. The Morgan fingerprint density at radius 2 is 2.20 bits per heavy atom. The maximum Gasteiger partial charge on any atom is 0.0215 e. The quantitative estimate of drug-likeness (QED) is 0.829. The molecule has 1 spiro atoms. The van der Waals surface area contributed by atoms with Gasteiger partial charge in [-0.3, -0.25) is 0 Å². The number of fused-ring (bicyclic) bond motifs is 2. The zero-order valence-corrected chi connectivity index (χ0v) is 10.4. The van der Waals surface area contributed by atoms with Gasteiger partial charge < -0.3 is 5.73 Å². The molecule has 1 nitrogen and oxygen atoms in total. The van der Waals surface area contributed by atoms with Crippen molar-refractivity contribution in [1.82, 2.24) is 0 Å². The van der Waals surface area contributed by atoms with E-state index in [2.05, 4.69) is 34.1 Å². The molecule has 0 saturated heterocycles. The Bertz CT molecular complexity index is 396. The maximum absolute atomic E-state index is 5.88. The van der Waals surface area contributed by atoms with Gasteiger partial charge >= 0.3 is 0 Å². The van der Waals surface area contributed by atoms with Crippen molar-refractivity contribution >= 4 is 15.9 Å². The van der Waals surface area contributed by atoms with E-state index in [0.717, 1.165) is 6.54 Å². The van der Waals surface area contributed by atoms with Gasteiger partial charge in [0.05, 0.1) is 0 Å². The summed E-state index contributed by atoms with van der Waals surface area (Å²) < 4.78 is 1.30. The number of rotatable bonds is 1. The SMILES string of the molecule is NCC1CC2(CCC2)c2c(Br)cccc21. The average molecular weight is 266 g/mol. The van der Waals surface area contributed by atoms with Crippen LogP contribution in [0, 0.1) is 0 Å². The number of nitrogens with two attached hydrogens (primary N) is 1. The molecule has 0 heterocycles. The molecule has 2 heteroatoms. The minimum absolute atomic E-state index is 0.486. The van der Waals surface area contributed by atoms with Crippen LogP contribution < -0.4 is 5.73 Å². The summed E-state index contributed by atoms with van der Waals surface area (Å²) in [6, 6.07) is 6.59. The first kappa shape index (κ1) is 9.86. The largest absolute Gasteiger partial charge is 0.330 e. The van der Waals surface area contributed by atoms with Crippen molar-refractivity contribution < 1.29 is 0 Å². The molecule has 3 rings (SSSR count). The van der Waals surface area contributed by atoms with Gasteiger partial charge in [-0.2, -0.15) is 0 Å². The highest BCUT2D eigenvalue weighted by molar-refractivity contribution is 9.10. The van der Waals surface area contributed by atoms with Crippen LogP contribution in [0.3, 0.4) is 0 Å². The molecule has 2 aliphatic rings. The summed E-state index contributed by atoms with van der Waals surface area (Å²) in [4.78, 5) is 0. The molecule has 0 amide bonds. The fourth-order valence-corrected chi connectivity index (χ4v) is 4.19. The predicted octanol–water partition coefficient (Wildman–Crippen LogP) is 3.32. The highest BCUT2D eigenvalue weighted by Crippen LogP contribution is 2.58. The van der Waals surface area contributed by atoms with E-state index < -0.39 is 0 Å². The van der Waals surface area contributed by atoms with Crippen LogP contribution in [0.5, 0.6) is 0 Å². The zero-order valence-electron chi connectivity index (χ0n) is 8.80. The molecule has 1 aromatic carbocycles. The smallest absolute Gasteiger partial charge is 0.0215 e. The molecular weight excluding hydrogens is 250 g/mol. The molecule has 0 bridgehead atoms. The fourth-order valence-electron chi connectivity index (χ4n) is 3.39. The number of benzene rings is 1. The van der Waals surface area contributed by atoms with Crippen molar-refractivity contribution in [1.29, 1.82) is 0 Å². The van der Waals surface area contributed by atoms with E-state index >= 15 is 0 Å². The number of hydrogen-bond acceptors (Lipinski definition) is 1. The van der Waals surface area contributed by atoms with Crippen LogP contribution in [-0.2, 0) is 5.41 Å². The van der Waals surface area contributed by atoms with Gasteiger partial charge in [-0.1, -0.05) is 34.5 Å². The molecule has 0 aliphatic heterocycles. The minimum atomic E-state index is 0.486. The molecule has 0 radical (unpaired) electrons. The van der Waals surface area contributed by atoms with Gasteiger partial charge in [0, 0.05) is 4.47 Å². The molecule has 0 aromatic heterocycles. The highest BCUT2D eigenvalue weighted by atomic mass is 79.9. The van der Waals surface area contributed by atoms with Crippen LogP contribution in [0.15, 0.2) is 22.7 Å². The second kappa shape index (κ2) is 3.33. The fraction of sp³-hybridized carbons (Fsp3) is 0.538. The Morgan fingerprint density at radius 3 is 2.80 bits per heavy atom. The van der Waals surface area contributed by atoms with Crippen LogP contribution in [0.4, 0.5) is 0 Å². The zero-order chi connectivity index (χ0) is 10.5. The van der Waals surface area contributed by atoms with Gasteiger partial charge in [0.2, 0.25) is 0 Å². The lowest BCUT2D eigenvalue weighted by Gasteiger charge is -2.40. The van der Waals surface area contributed by atoms with E-state index in [-0.39, 0.29) is 0 Å². The molecule has 1 saturated carbocycles. The lowest BCUT2D eigenvalue weighted by molar-refractivity contribution is 0.232. The van der Waals surface area contributed by atoms with E-state index in [0.29, 0.717) is 11.3 Å². The third-order valence-electron chi connectivity index (χ3n) is 4.25. The predicted molar refractivity (Wildman–Crippen MR) is 66.1 cm³/mol. The third-order valence-corrected chi connectivity index (χ3v) is 4.91. The second-order valence-corrected chi connectivity index (χ2v) is 5.83. The maximum atomic E-state index is 5.88. The van der Waals surface area contributed by atoms with Crippen molar-refractivity contribution in [2.75, 3.05) is 6.54 Å². The summed E-state index contributed by atoms with van der Waals surface area (Å²) in [6.45, 7) is 0.797. The van der Waals surface area contributed by atoms with Crippen molar-refractivity contribution in [3.8, 4) is 0 Å². The molecule has 2 N–H and O–H groups in total. The first-order valence-corrected chi connectivity index (χ1v) is 6.55. The lowest BCUT2D eigenvalue weighted by Crippen LogP contribution is -2.32. The summed E-state index contributed by atoms with van der Waals surface area (Å²) in [5, 5.41) is 0. The van der Waals surface area contributed by atoms with Crippen LogP contribution in [0.2, 0.25) is 0 Å². The number of halogens is 1. The number of hydrogen-bond donors (Lipinski definition) is 1. The van der Waals surface area contributed by atoms with Crippen LogP contribution >= 0.6 is 15.9 Å². The first-order chi connectivity index (χ1) is 7.27. The van der Waals surface area contributed by atoms with E-state index in [9.17, 15) is 0 Å². The summed E-state index contributed by atoms with van der Waals surface area (Å²) in [5.41, 5.74) is 9.45. The summed E-state index contributed by atoms with van der Waals surface area (Å²) in [5.74, 6) is 0.595. The van der Waals surface area contributed by atoms with Gasteiger partial charge in [0.25, 0.3) is 0 Å². The lowest BCUT2D eigenvalue weighted by atomic mass is 9.65. The van der Waals surface area contributed by atoms with Gasteiger partial charge in [0.1, 0.15) is 0 Å². The molecule has 1 aromatic rings. The third kappa shape index (κ3) is 1.24. The summed E-state index contributed by atoms with van der Waals surface area (Å²) in [7, 11) is 0. The van der Waals surface area contributed by atoms with Gasteiger partial charge in [-0.15, -0.1) is 0 Å². The molecule has 2 aliphatic carbocycles. The first-order valence-electron chi connectivity index (χ1n) is 5.76. The molecule has 80 valence electrons. The Labute approximate surface area is 99.2 Å². The minimum Gasteiger partial charge on any atom is -0.330 e. The topological polar surface area (TPSA) is 26.0 Å². The summed E-state index contributed by atoms with van der Waals surface area (Å²) in [6.07, 6.45) is 5.39. The Balaban J connectivity index is 2.15. The normalized spacial score (nSPS) is 26.4. The highest BCUT2D eigenvalue weighted by Gasteiger charge is 2.48. The van der Waals surface area contributed by atoms with Gasteiger partial charge in [-0.05, 0) is 54.3 Å². The van der Waals surface area contributed by atoms with Crippen molar-refractivity contribution in [2.45, 2.75) is 37.0 Å². The Kier molecular flexibility index (Phi) is 2.18. The van der Waals surface area contributed by atoms with Gasteiger partial charge in [0.15, 0.2) is 0 Å². The van der Waals surface area contributed by atoms with Crippen molar-refractivity contribution in [3.05, 3.63) is 33.8 Å². The molecule has 1 fully saturated rings. The molecule has 15 heavy (non-hydrogen) atoms. The van der Waals surface area contributed by atoms with E-state index in [1.807, 2.05) is 0 Å². The van der Waals surface area contributed by atoms with E-state index in [4.69, 9.17) is 5.73 Å². The monoisotopic (exact) mass is 265 g/mol. The van der Waals surface area contributed by atoms with Crippen molar-refractivity contribution in [3.63, 3.8) is 0 Å². The average Bonchev–Trinajstić information content (AvgIpc) is 2.53. The molecule has 1 unspecified atom stereocenters. The Morgan fingerprint density at radius 1 is 1.40 bits per heavy atom. The van der Waals surface area contributed by atoms with E-state index in [1.54, 1.807) is 5.56 Å². The Hall–Kier alpha value is -0.340. The van der Waals surface area contributed by atoms with Crippen molar-refractivity contribution in [2.24, 2.45) is 5.73 Å². The van der Waals surface area contributed by atoms with E-state index in [1.165, 1.54) is 35.7 Å². The van der Waals surface area contributed by atoms with Crippen LogP contribution in [-0.4, -0.2) is 6.54 Å². The molecule has 1 atom stereocenters. The van der Waals surface area contributed by atoms with Crippen LogP contribution in [0.1, 0.15) is 42.7 Å². The van der Waals surface area contributed by atoms with Crippen LogP contribution in [0.25, 0.3) is 0 Å².